The van der Waals surface area contributed by atoms with E-state index in [1.165, 1.54) is 0 Å². The summed E-state index contributed by atoms with van der Waals surface area (Å²) in [4.78, 5) is 0. The van der Waals surface area contributed by atoms with E-state index in [9.17, 15) is 0 Å². The summed E-state index contributed by atoms with van der Waals surface area (Å²) in [7, 11) is 0. The molecule has 0 aliphatic carbocycles. The maximum Gasteiger partial charge on any atom is 0 e. The minimum absolute atomic E-state index is 0. The molecule has 4 heavy (non-hydrogen) atoms. The van der Waals surface area contributed by atoms with E-state index in [1.807, 2.05) is 6.92 Å². The van der Waals surface area contributed by atoms with Crippen LogP contribution in [0.3, 0.4) is 0 Å². The average Bonchev–Trinajstić information content (AvgIpc) is 0.918. The van der Waals surface area contributed by atoms with Gasteiger partial charge in [-0.1, -0.05) is 6.08 Å². The van der Waals surface area contributed by atoms with Crippen molar-refractivity contribution < 1.29 is 2.85 Å². The first-order chi connectivity index (χ1) is 1.41. The Morgan fingerprint density at radius 2 is 2.00 bits per heavy atom. The minimum Gasteiger partial charge on any atom is -0.103 e. The van der Waals surface area contributed by atoms with Gasteiger partial charge in [0.1, 0.15) is 0 Å². The number of hydrogen-bond acceptors (Lipinski definition) is 0. The second kappa shape index (κ2) is 12.4. The molecule has 0 aromatic carbocycles. The zero-order valence-corrected chi connectivity index (χ0v) is 2.28. The lowest BCUT2D eigenvalue weighted by Crippen LogP contribution is -1.07. The van der Waals surface area contributed by atoms with Gasteiger partial charge in [-0.05, 0) is 17.9 Å². The summed E-state index contributed by atoms with van der Waals surface area (Å²) in [6, 6.07) is 0. The molecule has 0 N–H and O–H groups in total. The molecular weight excluding hydrogens is 64.1 g/mol. The molecule has 0 rings (SSSR count). The lowest BCUT2D eigenvalue weighted by molar-refractivity contribution is 1.80. The Labute approximate surface area is 34.5 Å². The molecule has 0 atom stereocenters. The Hall–Kier alpha value is -0.0431. The van der Waals surface area contributed by atoms with Crippen LogP contribution in [0.4, 0.5) is 0 Å². The largest absolute Gasteiger partial charge is 0.103 e. The first-order valence-electron chi connectivity index (χ1n) is 0.986. The molecule has 0 aromatic heterocycles. The van der Waals surface area contributed by atoms with Crippen molar-refractivity contribution in [1.82, 2.24) is 0 Å². The molecule has 0 radical (unpaired) electrons. The monoisotopic (exact) mass is 78.1 g/mol. The molecule has 30 valence electrons. The molecule has 0 bridgehead atoms. The topological polar surface area (TPSA) is 0 Å². The van der Waals surface area contributed by atoms with Crippen LogP contribution in [0.15, 0.2) is 12.7 Å². The third-order valence-electron chi connectivity index (χ3n) is 0. The van der Waals surface area contributed by atoms with Gasteiger partial charge >= 0.3 is 0 Å². The molecule has 0 spiro atoms. The summed E-state index contributed by atoms with van der Waals surface area (Å²) < 4.78 is 0. The van der Waals surface area contributed by atoms with Crippen molar-refractivity contribution in [2.75, 3.05) is 0 Å². The van der Waals surface area contributed by atoms with E-state index < -0.39 is 0 Å². The van der Waals surface area contributed by atoms with Crippen molar-refractivity contribution in [3.05, 3.63) is 12.7 Å². The second-order valence-electron chi connectivity index (χ2n) is 0.408. The second-order valence-corrected chi connectivity index (χ2v) is 0.408. The fraction of sp³-hybridized carbons (Fsp3) is 0.333. The van der Waals surface area contributed by atoms with Crippen molar-refractivity contribution in [1.29, 1.82) is 0 Å². The SMILES string of the molecule is C=CC.[HH].[HH].[SiH4]. The molecule has 0 aromatic rings. The van der Waals surface area contributed by atoms with Gasteiger partial charge in [0.25, 0.3) is 0 Å². The van der Waals surface area contributed by atoms with Gasteiger partial charge in [0.05, 0.1) is 0 Å². The Balaban J connectivity index is -0.00000000667. The first-order valence-corrected chi connectivity index (χ1v) is 0.986. The lowest BCUT2D eigenvalue weighted by atomic mass is 10.8. The quantitative estimate of drug-likeness (QED) is 0.287. The summed E-state index contributed by atoms with van der Waals surface area (Å²) in [5, 5.41) is 0. The van der Waals surface area contributed by atoms with E-state index in [1.54, 1.807) is 6.08 Å². The van der Waals surface area contributed by atoms with Crippen molar-refractivity contribution >= 4 is 11.0 Å². The van der Waals surface area contributed by atoms with Crippen LogP contribution in [0.2, 0.25) is 0 Å². The van der Waals surface area contributed by atoms with Gasteiger partial charge in [0.15, 0.2) is 0 Å². The van der Waals surface area contributed by atoms with E-state index in [2.05, 4.69) is 6.58 Å². The van der Waals surface area contributed by atoms with Crippen molar-refractivity contribution in [2.45, 2.75) is 6.92 Å². The molecule has 0 amide bonds. The van der Waals surface area contributed by atoms with Crippen molar-refractivity contribution in [3.8, 4) is 0 Å². The van der Waals surface area contributed by atoms with Gasteiger partial charge in [-0.3, -0.25) is 0 Å². The van der Waals surface area contributed by atoms with E-state index >= 15 is 0 Å². The van der Waals surface area contributed by atoms with Crippen LogP contribution in [0.5, 0.6) is 0 Å². The normalized spacial score (nSPS) is 3.25. The molecule has 0 heterocycles. The summed E-state index contributed by atoms with van der Waals surface area (Å²) in [5.74, 6) is 0. The maximum absolute atomic E-state index is 3.36. The summed E-state index contributed by atoms with van der Waals surface area (Å²) in [6.45, 7) is 5.25. The predicted octanol–water partition coefficient (Wildman–Crippen LogP) is 0.233. The fourth-order valence-corrected chi connectivity index (χ4v) is 0. The Morgan fingerprint density at radius 1 is 2.00 bits per heavy atom. The van der Waals surface area contributed by atoms with Crippen molar-refractivity contribution in [3.63, 3.8) is 0 Å². The zero-order valence-electron chi connectivity index (χ0n) is 2.28. The first kappa shape index (κ1) is 9.03. The number of hydrogen-bond donors (Lipinski definition) is 0. The van der Waals surface area contributed by atoms with Gasteiger partial charge in [-0.25, -0.2) is 0 Å². The maximum atomic E-state index is 3.36. The van der Waals surface area contributed by atoms with Crippen LogP contribution < -0.4 is 0 Å². The molecule has 0 unspecified atom stereocenters. The van der Waals surface area contributed by atoms with Gasteiger partial charge in [0, 0.05) is 2.85 Å². The highest BCUT2D eigenvalue weighted by atomic mass is 28.1. The van der Waals surface area contributed by atoms with E-state index in [4.69, 9.17) is 0 Å². The highest BCUT2D eigenvalue weighted by Gasteiger charge is 1.15. The smallest absolute Gasteiger partial charge is 0 e. The molecule has 0 saturated carbocycles. The van der Waals surface area contributed by atoms with Crippen LogP contribution >= 0.6 is 0 Å². The lowest BCUT2D eigenvalue weighted by Gasteiger charge is -1.31. The Morgan fingerprint density at radius 3 is 2.00 bits per heavy atom. The van der Waals surface area contributed by atoms with Gasteiger partial charge in [0.2, 0.25) is 0 Å². The molecule has 0 fully saturated rings. The van der Waals surface area contributed by atoms with E-state index in [0.29, 0.717) is 0 Å². The third-order valence-corrected chi connectivity index (χ3v) is 0. The van der Waals surface area contributed by atoms with Gasteiger partial charge in [-0.15, -0.1) is 6.58 Å². The predicted molar refractivity (Wildman–Crippen MR) is 31.4 cm³/mol. The molecule has 0 nitrogen and oxygen atoms in total. The van der Waals surface area contributed by atoms with E-state index in [0.717, 1.165) is 0 Å². The number of rotatable bonds is 0. The van der Waals surface area contributed by atoms with Crippen molar-refractivity contribution in [2.24, 2.45) is 0 Å². The highest BCUT2D eigenvalue weighted by molar-refractivity contribution is 5.75. The van der Waals surface area contributed by atoms with E-state index in [-0.39, 0.29) is 13.8 Å². The zero-order chi connectivity index (χ0) is 2.71. The Kier molecular flexibility index (Phi) is 27.9. The average molecular weight is 78.2 g/mol. The summed E-state index contributed by atoms with van der Waals surface area (Å²) in [6.07, 6.45) is 1.75. The van der Waals surface area contributed by atoms with Gasteiger partial charge in [-0.2, -0.15) is 0 Å². The summed E-state index contributed by atoms with van der Waals surface area (Å²) in [5.41, 5.74) is 0. The molecule has 0 saturated heterocycles. The standard InChI is InChI=1S/C3H6.H4Si.2H2/c1-3-2;;;/h3H,1H2,2H3;1H4;2*1H. The fourth-order valence-electron chi connectivity index (χ4n) is 0. The summed E-state index contributed by atoms with van der Waals surface area (Å²) >= 11 is 0. The highest BCUT2D eigenvalue weighted by Crippen LogP contribution is 1.38. The number of allylic oxidation sites excluding steroid dienone is 1. The minimum atomic E-state index is 0. The van der Waals surface area contributed by atoms with Gasteiger partial charge < -0.3 is 0 Å². The van der Waals surface area contributed by atoms with Crippen LogP contribution in [-0.4, -0.2) is 11.0 Å². The van der Waals surface area contributed by atoms with Crippen LogP contribution in [0.25, 0.3) is 0 Å². The van der Waals surface area contributed by atoms with Crippen LogP contribution in [0, 0.1) is 0 Å². The molecule has 1 heteroatoms. The molecule has 0 aliphatic heterocycles. The van der Waals surface area contributed by atoms with Crippen LogP contribution in [-0.2, 0) is 0 Å². The van der Waals surface area contributed by atoms with Crippen LogP contribution in [0.1, 0.15) is 9.78 Å². The third kappa shape index (κ3) is 964. The Bertz CT molecular complexity index is 16.3. The molecule has 0 aliphatic rings. The molecular formula is C3H14Si.